The van der Waals surface area contributed by atoms with Crippen LogP contribution in [-0.2, 0) is 31.8 Å². The van der Waals surface area contributed by atoms with Crippen LogP contribution < -0.4 is 0 Å². The first-order valence-electron chi connectivity index (χ1n) is 11.8. The number of hydrogen-bond acceptors (Lipinski definition) is 5. The van der Waals surface area contributed by atoms with Crippen LogP contribution in [0.1, 0.15) is 42.6 Å². The summed E-state index contributed by atoms with van der Waals surface area (Å²) in [5.41, 5.74) is 0.841. The Hall–Kier alpha value is -2.62. The van der Waals surface area contributed by atoms with Crippen LogP contribution in [0.15, 0.2) is 48.5 Å². The van der Waals surface area contributed by atoms with Gasteiger partial charge in [0.15, 0.2) is 0 Å². The summed E-state index contributed by atoms with van der Waals surface area (Å²) >= 11 is 6.03. The van der Waals surface area contributed by atoms with Crippen molar-refractivity contribution in [2.75, 3.05) is 39.3 Å². The molecule has 0 aromatic heterocycles. The van der Waals surface area contributed by atoms with E-state index in [9.17, 15) is 22.8 Å². The molecule has 2 aromatic carbocycles. The molecule has 1 saturated heterocycles. The van der Waals surface area contributed by atoms with Crippen molar-refractivity contribution in [2.24, 2.45) is 0 Å². The molecule has 1 aliphatic rings. The van der Waals surface area contributed by atoms with Crippen molar-refractivity contribution >= 4 is 23.5 Å². The molecule has 0 N–H and O–H groups in total. The molecule has 196 valence electrons. The Kier molecular flexibility index (Phi) is 10.2. The van der Waals surface area contributed by atoms with E-state index < -0.39 is 11.7 Å². The van der Waals surface area contributed by atoms with Crippen LogP contribution in [0.4, 0.5) is 13.2 Å². The number of rotatable bonds is 10. The Morgan fingerprint density at radius 3 is 2.19 bits per heavy atom. The van der Waals surface area contributed by atoms with Crippen LogP contribution in [0.2, 0.25) is 5.02 Å². The number of nitrogens with zero attached hydrogens (tertiary/aromatic N) is 2. The van der Waals surface area contributed by atoms with Crippen LogP contribution in [0.5, 0.6) is 0 Å². The summed E-state index contributed by atoms with van der Waals surface area (Å²) in [6, 6.07) is 12.2. The van der Waals surface area contributed by atoms with E-state index in [1.807, 2.05) is 12.1 Å². The molecule has 3 rings (SSSR count). The van der Waals surface area contributed by atoms with Crippen LogP contribution >= 0.6 is 11.6 Å². The molecule has 2 aromatic rings. The summed E-state index contributed by atoms with van der Waals surface area (Å²) in [4.78, 5) is 27.9. The molecule has 1 heterocycles. The van der Waals surface area contributed by atoms with Gasteiger partial charge in [-0.05, 0) is 42.3 Å². The lowest BCUT2D eigenvalue weighted by Gasteiger charge is -2.36. The second-order valence-corrected chi connectivity index (χ2v) is 8.97. The molecule has 1 aliphatic heterocycles. The minimum Gasteiger partial charge on any atom is -0.466 e. The molecule has 6 nitrogen and oxygen atoms in total. The van der Waals surface area contributed by atoms with E-state index in [1.54, 1.807) is 24.0 Å². The van der Waals surface area contributed by atoms with Gasteiger partial charge in [-0.15, -0.1) is 0 Å². The fraction of sp³-hybridized carbons (Fsp3) is 0.462. The van der Waals surface area contributed by atoms with Gasteiger partial charge < -0.3 is 14.4 Å². The Morgan fingerprint density at radius 1 is 0.972 bits per heavy atom. The third kappa shape index (κ3) is 8.50. The zero-order valence-corrected chi connectivity index (χ0v) is 20.9. The largest absolute Gasteiger partial charge is 0.466 e. The Bertz CT molecular complexity index is 992. The second-order valence-electron chi connectivity index (χ2n) is 8.53. The zero-order chi connectivity index (χ0) is 26.1. The van der Waals surface area contributed by atoms with Crippen LogP contribution in [0, 0.1) is 0 Å². The van der Waals surface area contributed by atoms with Crippen LogP contribution in [-0.4, -0.2) is 61.0 Å². The van der Waals surface area contributed by atoms with Gasteiger partial charge in [0.05, 0.1) is 31.3 Å². The van der Waals surface area contributed by atoms with Crippen molar-refractivity contribution in [3.8, 4) is 0 Å². The maximum absolute atomic E-state index is 12.8. The average Bonchev–Trinajstić information content (AvgIpc) is 2.86. The Morgan fingerprint density at radius 2 is 1.61 bits per heavy atom. The normalized spacial score (nSPS) is 15.5. The van der Waals surface area contributed by atoms with Crippen molar-refractivity contribution in [3.63, 3.8) is 0 Å². The van der Waals surface area contributed by atoms with Gasteiger partial charge in [0, 0.05) is 44.2 Å². The van der Waals surface area contributed by atoms with Crippen molar-refractivity contribution in [3.05, 3.63) is 70.2 Å². The third-order valence-corrected chi connectivity index (χ3v) is 6.22. The number of amides is 1. The lowest BCUT2D eigenvalue weighted by Crippen LogP contribution is -2.49. The maximum Gasteiger partial charge on any atom is 0.416 e. The van der Waals surface area contributed by atoms with Gasteiger partial charge in [0.2, 0.25) is 5.91 Å². The smallest absolute Gasteiger partial charge is 0.416 e. The molecular weight excluding hydrogens is 497 g/mol. The number of benzene rings is 2. The van der Waals surface area contributed by atoms with E-state index in [1.165, 1.54) is 12.1 Å². The highest BCUT2D eigenvalue weighted by atomic mass is 35.5. The first-order valence-corrected chi connectivity index (χ1v) is 12.2. The molecule has 1 fully saturated rings. The number of piperazine rings is 1. The summed E-state index contributed by atoms with van der Waals surface area (Å²) in [7, 11) is 0. The first-order chi connectivity index (χ1) is 17.2. The van der Waals surface area contributed by atoms with Crippen molar-refractivity contribution in [2.45, 2.75) is 38.7 Å². The molecule has 1 atom stereocenters. The van der Waals surface area contributed by atoms with Crippen molar-refractivity contribution in [1.29, 1.82) is 0 Å². The van der Waals surface area contributed by atoms with E-state index >= 15 is 0 Å². The lowest BCUT2D eigenvalue weighted by molar-refractivity contribution is -0.146. The summed E-state index contributed by atoms with van der Waals surface area (Å²) < 4.78 is 49.5. The molecule has 0 bridgehead atoms. The summed E-state index contributed by atoms with van der Waals surface area (Å²) in [6.45, 7) is 5.06. The van der Waals surface area contributed by atoms with Gasteiger partial charge >= 0.3 is 12.1 Å². The third-order valence-electron chi connectivity index (χ3n) is 5.97. The number of ether oxygens (including phenoxy) is 2. The number of carbonyl (C=O) groups is 2. The molecule has 0 spiro atoms. The van der Waals surface area contributed by atoms with Crippen LogP contribution in [0.25, 0.3) is 0 Å². The molecule has 10 heteroatoms. The molecule has 0 saturated carbocycles. The van der Waals surface area contributed by atoms with E-state index in [0.717, 1.165) is 17.7 Å². The lowest BCUT2D eigenvalue weighted by atomic mass is 10.1. The predicted molar refractivity (Wildman–Crippen MR) is 129 cm³/mol. The average molecular weight is 527 g/mol. The van der Waals surface area contributed by atoms with Crippen molar-refractivity contribution in [1.82, 2.24) is 9.80 Å². The first kappa shape index (κ1) is 28.0. The van der Waals surface area contributed by atoms with Gasteiger partial charge in [-0.2, -0.15) is 13.2 Å². The highest BCUT2D eigenvalue weighted by molar-refractivity contribution is 6.30. The topological polar surface area (TPSA) is 59.1 Å². The summed E-state index contributed by atoms with van der Waals surface area (Å²) in [5.74, 6) is -0.448. The van der Waals surface area contributed by atoms with E-state index in [2.05, 4.69) is 4.90 Å². The molecule has 1 amide bonds. The maximum atomic E-state index is 12.8. The van der Waals surface area contributed by atoms with E-state index in [4.69, 9.17) is 21.1 Å². The van der Waals surface area contributed by atoms with Gasteiger partial charge in [0.25, 0.3) is 0 Å². The Balaban J connectivity index is 1.56. The number of alkyl halides is 3. The highest BCUT2D eigenvalue weighted by Crippen LogP contribution is 2.30. The molecule has 0 aliphatic carbocycles. The second kappa shape index (κ2) is 13.1. The SMILES string of the molecule is CCOC(=O)CCC(=O)N1CCN(C[C@H](OCc2ccc(C(F)(F)F)cc2)c2ccc(Cl)cc2)CC1. The van der Waals surface area contributed by atoms with E-state index in [0.29, 0.717) is 49.9 Å². The van der Waals surface area contributed by atoms with Gasteiger partial charge in [0.1, 0.15) is 0 Å². The fourth-order valence-corrected chi connectivity index (χ4v) is 4.06. The Labute approximate surface area is 213 Å². The van der Waals surface area contributed by atoms with Crippen molar-refractivity contribution < 1.29 is 32.2 Å². The monoisotopic (exact) mass is 526 g/mol. The minimum absolute atomic E-state index is 0.0727. The summed E-state index contributed by atoms with van der Waals surface area (Å²) in [5, 5.41) is 0.593. The molecule has 0 unspecified atom stereocenters. The van der Waals surface area contributed by atoms with Gasteiger partial charge in [-0.25, -0.2) is 0 Å². The molecule has 0 radical (unpaired) electrons. The van der Waals surface area contributed by atoms with Gasteiger partial charge in [-0.1, -0.05) is 35.9 Å². The van der Waals surface area contributed by atoms with Crippen LogP contribution in [0.3, 0.4) is 0 Å². The standard InChI is InChI=1S/C26H30ClF3N2O4/c1-2-35-25(34)12-11-24(33)32-15-13-31(14-16-32)17-23(20-5-9-22(27)10-6-20)36-18-19-3-7-21(8-4-19)26(28,29)30/h3-10,23H,2,11-18H2,1H3/t23-/m0/s1. The number of esters is 1. The fourth-order valence-electron chi connectivity index (χ4n) is 3.93. The van der Waals surface area contributed by atoms with E-state index in [-0.39, 0.29) is 37.4 Å². The predicted octanol–water partition coefficient (Wildman–Crippen LogP) is 5.10. The quantitative estimate of drug-likeness (QED) is 0.403. The molecular formula is C26H30ClF3N2O4. The van der Waals surface area contributed by atoms with Gasteiger partial charge in [-0.3, -0.25) is 14.5 Å². The number of hydrogen-bond donors (Lipinski definition) is 0. The minimum atomic E-state index is -4.38. The molecule has 36 heavy (non-hydrogen) atoms. The summed E-state index contributed by atoms with van der Waals surface area (Å²) in [6.07, 6.45) is -4.52. The highest BCUT2D eigenvalue weighted by Gasteiger charge is 2.30. The number of carbonyl (C=O) groups excluding carboxylic acids is 2. The zero-order valence-electron chi connectivity index (χ0n) is 20.1. The number of halogens is 4.